The Labute approximate surface area is 126 Å². The highest BCUT2D eigenvalue weighted by Gasteiger charge is 2.07. The Balaban J connectivity index is 2.43. The third-order valence-corrected chi connectivity index (χ3v) is 3.79. The van der Waals surface area contributed by atoms with Gasteiger partial charge in [0.15, 0.2) is 5.65 Å². The van der Waals surface area contributed by atoms with Crippen LogP contribution in [0.4, 0.5) is 0 Å². The fraction of sp³-hybridized carbons (Fsp3) is 0.500. The van der Waals surface area contributed by atoms with E-state index in [0.717, 1.165) is 41.5 Å². The molecular formula is C16H23N3S. The van der Waals surface area contributed by atoms with Crippen LogP contribution in [0.2, 0.25) is 0 Å². The summed E-state index contributed by atoms with van der Waals surface area (Å²) in [5.41, 5.74) is 5.58. The molecule has 3 nitrogen and oxygen atoms in total. The number of nitrogens with zero attached hydrogens (tertiary/aromatic N) is 2. The number of aromatic nitrogens is 2. The summed E-state index contributed by atoms with van der Waals surface area (Å²) in [6.45, 7) is 7.54. The van der Waals surface area contributed by atoms with Gasteiger partial charge in [-0.05, 0) is 42.5 Å². The first-order chi connectivity index (χ1) is 9.63. The molecule has 0 aromatic carbocycles. The lowest BCUT2D eigenvalue weighted by molar-refractivity contribution is 0.588. The summed E-state index contributed by atoms with van der Waals surface area (Å²) in [6.07, 6.45) is 5.04. The fourth-order valence-electron chi connectivity index (χ4n) is 2.26. The molecule has 2 aromatic rings. The second-order valence-electron chi connectivity index (χ2n) is 5.57. The van der Waals surface area contributed by atoms with Gasteiger partial charge in [-0.3, -0.25) is 0 Å². The molecule has 108 valence electrons. The third kappa shape index (κ3) is 3.37. The first-order valence-electron chi connectivity index (χ1n) is 7.37. The number of rotatable bonds is 6. The molecule has 4 heteroatoms. The maximum Gasteiger partial charge on any atom is 0.159 e. The quantitative estimate of drug-likeness (QED) is 0.804. The lowest BCUT2D eigenvalue weighted by Gasteiger charge is -2.16. The molecule has 0 saturated carbocycles. The minimum absolute atomic E-state index is 0.676. The van der Waals surface area contributed by atoms with Gasteiger partial charge in [-0.25, -0.2) is 9.66 Å². The first-order valence-corrected chi connectivity index (χ1v) is 7.77. The van der Waals surface area contributed by atoms with Crippen LogP contribution in [0.3, 0.4) is 0 Å². The number of aryl methyl sites for hydroxylation is 1. The summed E-state index contributed by atoms with van der Waals surface area (Å²) in [7, 11) is 0. The van der Waals surface area contributed by atoms with E-state index in [-0.39, 0.29) is 0 Å². The van der Waals surface area contributed by atoms with Crippen molar-refractivity contribution in [1.82, 2.24) is 9.66 Å². The smallest absolute Gasteiger partial charge is 0.159 e. The second-order valence-corrected chi connectivity index (χ2v) is 5.95. The van der Waals surface area contributed by atoms with Gasteiger partial charge in [-0.2, -0.15) is 0 Å². The van der Waals surface area contributed by atoms with Gasteiger partial charge in [0.25, 0.3) is 0 Å². The zero-order valence-corrected chi connectivity index (χ0v) is 13.3. The standard InChI is InChI=1S/C16H23N3S/c1-4-6-14-11-13-7-5-9-17-15(13)19(16(14)20)18-10-8-12(2)3/h5,7,9,11-12,18H,4,6,8,10H2,1-3H3. The Hall–Kier alpha value is -1.42. The topological polar surface area (TPSA) is 29.9 Å². The van der Waals surface area contributed by atoms with Crippen molar-refractivity contribution in [2.75, 3.05) is 12.0 Å². The van der Waals surface area contributed by atoms with E-state index in [1.165, 1.54) is 5.56 Å². The van der Waals surface area contributed by atoms with Crippen LogP contribution in [0, 0.1) is 10.6 Å². The van der Waals surface area contributed by atoms with E-state index >= 15 is 0 Å². The summed E-state index contributed by atoms with van der Waals surface area (Å²) in [5, 5.41) is 1.14. The first kappa shape index (κ1) is 15.0. The highest BCUT2D eigenvalue weighted by molar-refractivity contribution is 7.71. The van der Waals surface area contributed by atoms with Crippen LogP contribution in [0.25, 0.3) is 11.0 Å². The predicted molar refractivity (Wildman–Crippen MR) is 88.2 cm³/mol. The van der Waals surface area contributed by atoms with Crippen LogP contribution >= 0.6 is 12.2 Å². The van der Waals surface area contributed by atoms with Crippen molar-refractivity contribution in [3.05, 3.63) is 34.6 Å². The molecule has 0 amide bonds. The molecule has 2 heterocycles. The van der Waals surface area contributed by atoms with Crippen LogP contribution in [0.1, 0.15) is 39.2 Å². The maximum absolute atomic E-state index is 5.62. The molecular weight excluding hydrogens is 266 g/mol. The Morgan fingerprint density at radius 1 is 1.40 bits per heavy atom. The third-order valence-electron chi connectivity index (χ3n) is 3.35. The summed E-state index contributed by atoms with van der Waals surface area (Å²) < 4.78 is 2.85. The molecule has 0 aliphatic heterocycles. The molecule has 0 spiro atoms. The van der Waals surface area contributed by atoms with Crippen molar-refractivity contribution in [2.24, 2.45) is 5.92 Å². The van der Waals surface area contributed by atoms with Gasteiger partial charge in [0.05, 0.1) is 0 Å². The van der Waals surface area contributed by atoms with E-state index in [2.05, 4.69) is 43.3 Å². The molecule has 2 rings (SSSR count). The zero-order valence-electron chi connectivity index (χ0n) is 12.5. The molecule has 0 saturated heterocycles. The predicted octanol–water partition coefficient (Wildman–Crippen LogP) is 4.31. The van der Waals surface area contributed by atoms with Gasteiger partial charge >= 0.3 is 0 Å². The van der Waals surface area contributed by atoms with Gasteiger partial charge < -0.3 is 5.43 Å². The van der Waals surface area contributed by atoms with Crippen molar-refractivity contribution in [1.29, 1.82) is 0 Å². The second kappa shape index (κ2) is 6.84. The molecule has 20 heavy (non-hydrogen) atoms. The average Bonchev–Trinajstić information content (AvgIpc) is 2.42. The van der Waals surface area contributed by atoms with Gasteiger partial charge in [0, 0.05) is 18.1 Å². The minimum atomic E-state index is 0.676. The van der Waals surface area contributed by atoms with Crippen LogP contribution in [0.5, 0.6) is 0 Å². The van der Waals surface area contributed by atoms with Crippen LogP contribution in [-0.2, 0) is 6.42 Å². The lowest BCUT2D eigenvalue weighted by Crippen LogP contribution is -2.20. The van der Waals surface area contributed by atoms with E-state index in [0.29, 0.717) is 5.92 Å². The molecule has 0 atom stereocenters. The molecule has 0 bridgehead atoms. The van der Waals surface area contributed by atoms with E-state index in [4.69, 9.17) is 12.2 Å². The Morgan fingerprint density at radius 3 is 2.90 bits per heavy atom. The van der Waals surface area contributed by atoms with E-state index in [9.17, 15) is 0 Å². The van der Waals surface area contributed by atoms with E-state index in [1.54, 1.807) is 0 Å². The molecule has 2 aromatic heterocycles. The van der Waals surface area contributed by atoms with Gasteiger partial charge in [0.1, 0.15) is 4.64 Å². The minimum Gasteiger partial charge on any atom is -0.323 e. The maximum atomic E-state index is 5.62. The van der Waals surface area contributed by atoms with Crippen molar-refractivity contribution >= 4 is 23.3 Å². The molecule has 0 fully saturated rings. The Bertz CT molecular complexity index is 631. The Kier molecular flexibility index (Phi) is 5.12. The van der Waals surface area contributed by atoms with Crippen molar-refractivity contribution < 1.29 is 0 Å². The molecule has 0 aliphatic carbocycles. The van der Waals surface area contributed by atoms with E-state index in [1.807, 2.05) is 16.9 Å². The number of pyridine rings is 2. The SMILES string of the molecule is CCCc1cc2cccnc2n(NCCC(C)C)c1=S. The summed E-state index contributed by atoms with van der Waals surface area (Å²) in [5.74, 6) is 0.676. The number of fused-ring (bicyclic) bond motifs is 1. The summed E-state index contributed by atoms with van der Waals surface area (Å²) in [4.78, 5) is 4.47. The lowest BCUT2D eigenvalue weighted by atomic mass is 10.1. The largest absolute Gasteiger partial charge is 0.323 e. The summed E-state index contributed by atoms with van der Waals surface area (Å²) in [6, 6.07) is 6.24. The van der Waals surface area contributed by atoms with E-state index < -0.39 is 0 Å². The van der Waals surface area contributed by atoms with Crippen molar-refractivity contribution in [2.45, 2.75) is 40.0 Å². The summed E-state index contributed by atoms with van der Waals surface area (Å²) >= 11 is 5.62. The van der Waals surface area contributed by atoms with Crippen LogP contribution in [-0.4, -0.2) is 16.2 Å². The van der Waals surface area contributed by atoms with Gasteiger partial charge in [0.2, 0.25) is 0 Å². The van der Waals surface area contributed by atoms with Gasteiger partial charge in [-0.1, -0.05) is 39.4 Å². The highest BCUT2D eigenvalue weighted by atomic mass is 32.1. The molecule has 0 aliphatic rings. The molecule has 0 unspecified atom stereocenters. The normalized spacial score (nSPS) is 11.2. The monoisotopic (exact) mass is 289 g/mol. The molecule has 0 radical (unpaired) electrons. The van der Waals surface area contributed by atoms with Crippen LogP contribution in [0.15, 0.2) is 24.4 Å². The van der Waals surface area contributed by atoms with Crippen molar-refractivity contribution in [3.8, 4) is 0 Å². The zero-order chi connectivity index (χ0) is 14.5. The van der Waals surface area contributed by atoms with Gasteiger partial charge in [-0.15, -0.1) is 0 Å². The number of nitrogens with one attached hydrogen (secondary N) is 1. The van der Waals surface area contributed by atoms with Crippen molar-refractivity contribution in [3.63, 3.8) is 0 Å². The fourth-order valence-corrected chi connectivity index (χ4v) is 2.57. The highest BCUT2D eigenvalue weighted by Crippen LogP contribution is 2.16. The van der Waals surface area contributed by atoms with Crippen LogP contribution < -0.4 is 5.43 Å². The number of hydrogen-bond donors (Lipinski definition) is 1. The average molecular weight is 289 g/mol. The number of hydrogen-bond acceptors (Lipinski definition) is 3. The Morgan fingerprint density at radius 2 is 2.20 bits per heavy atom. The molecule has 1 N–H and O–H groups in total.